The number of rotatable bonds is 10. The second-order valence-electron chi connectivity index (χ2n) is 7.04. The summed E-state index contributed by atoms with van der Waals surface area (Å²) in [5.41, 5.74) is 5.42. The van der Waals surface area contributed by atoms with Crippen molar-refractivity contribution in [2.24, 2.45) is 5.92 Å². The zero-order valence-electron chi connectivity index (χ0n) is 16.3. The fraction of sp³-hybridized carbons (Fsp3) is 0.667. The van der Waals surface area contributed by atoms with Crippen LogP contribution in [0, 0.1) is 5.92 Å². The van der Waals surface area contributed by atoms with E-state index in [2.05, 4.69) is 57.4 Å². The fourth-order valence-corrected chi connectivity index (χ4v) is 3.26. The van der Waals surface area contributed by atoms with Gasteiger partial charge in [-0.15, -0.1) is 0 Å². The molecule has 0 fully saturated rings. The van der Waals surface area contributed by atoms with Crippen molar-refractivity contribution in [1.82, 2.24) is 5.32 Å². The predicted molar refractivity (Wildman–Crippen MR) is 112 cm³/mol. The highest BCUT2D eigenvalue weighted by atomic mass is 32.1. The first-order chi connectivity index (χ1) is 11.5. The van der Waals surface area contributed by atoms with Crippen LogP contribution in [0.15, 0.2) is 12.1 Å². The van der Waals surface area contributed by atoms with Crippen molar-refractivity contribution in [3.63, 3.8) is 0 Å². The summed E-state index contributed by atoms with van der Waals surface area (Å²) in [6.07, 6.45) is 8.23. The summed E-state index contributed by atoms with van der Waals surface area (Å²) >= 11 is 5.51. The Labute approximate surface area is 154 Å². The molecule has 0 heterocycles. The zero-order chi connectivity index (χ0) is 17.9. The van der Waals surface area contributed by atoms with Crippen molar-refractivity contribution in [2.75, 3.05) is 11.9 Å². The third-order valence-corrected chi connectivity index (χ3v) is 4.57. The van der Waals surface area contributed by atoms with Gasteiger partial charge in [-0.1, -0.05) is 66.0 Å². The Kier molecular flexibility index (Phi) is 10.0. The normalized spacial score (nSPS) is 10.9. The van der Waals surface area contributed by atoms with Crippen molar-refractivity contribution in [3.05, 3.63) is 28.8 Å². The van der Waals surface area contributed by atoms with Crippen molar-refractivity contribution >= 4 is 23.0 Å². The van der Waals surface area contributed by atoms with Gasteiger partial charge >= 0.3 is 0 Å². The summed E-state index contributed by atoms with van der Waals surface area (Å²) in [6, 6.07) is 4.71. The van der Waals surface area contributed by atoms with Crippen molar-refractivity contribution in [3.8, 4) is 0 Å². The second-order valence-corrected chi connectivity index (χ2v) is 7.44. The van der Waals surface area contributed by atoms with Gasteiger partial charge in [-0.05, 0) is 60.5 Å². The topological polar surface area (TPSA) is 24.1 Å². The molecule has 3 heteroatoms. The Bertz CT molecular complexity index is 484. The van der Waals surface area contributed by atoms with Gasteiger partial charge < -0.3 is 10.6 Å². The summed E-state index contributed by atoms with van der Waals surface area (Å²) in [7, 11) is 0. The average Bonchev–Trinajstić information content (AvgIpc) is 2.55. The fourth-order valence-electron chi connectivity index (χ4n) is 3.06. The van der Waals surface area contributed by atoms with E-state index >= 15 is 0 Å². The van der Waals surface area contributed by atoms with Gasteiger partial charge in [0.1, 0.15) is 0 Å². The van der Waals surface area contributed by atoms with E-state index in [9.17, 15) is 0 Å². The molecule has 24 heavy (non-hydrogen) atoms. The maximum absolute atomic E-state index is 5.51. The summed E-state index contributed by atoms with van der Waals surface area (Å²) in [5, 5.41) is 7.59. The maximum Gasteiger partial charge on any atom is 0.170 e. The lowest BCUT2D eigenvalue weighted by Crippen LogP contribution is -2.30. The summed E-state index contributed by atoms with van der Waals surface area (Å²) in [4.78, 5) is 0. The van der Waals surface area contributed by atoms with E-state index in [4.69, 9.17) is 12.2 Å². The highest BCUT2D eigenvalue weighted by Gasteiger charge is 2.11. The smallest absolute Gasteiger partial charge is 0.170 e. The van der Waals surface area contributed by atoms with E-state index in [1.165, 1.54) is 48.1 Å². The molecular weight excluding hydrogens is 312 g/mol. The van der Waals surface area contributed by atoms with Crippen LogP contribution < -0.4 is 10.6 Å². The first-order valence-corrected chi connectivity index (χ1v) is 10.1. The Balaban J connectivity index is 2.76. The van der Waals surface area contributed by atoms with E-state index in [1.54, 1.807) is 0 Å². The molecule has 2 nitrogen and oxygen atoms in total. The van der Waals surface area contributed by atoms with E-state index < -0.39 is 0 Å². The van der Waals surface area contributed by atoms with Crippen molar-refractivity contribution in [1.29, 1.82) is 0 Å². The highest BCUT2D eigenvalue weighted by Crippen LogP contribution is 2.26. The van der Waals surface area contributed by atoms with E-state index in [1.807, 2.05) is 0 Å². The van der Waals surface area contributed by atoms with Crippen LogP contribution in [0.2, 0.25) is 0 Å². The molecule has 1 aromatic rings. The molecule has 0 saturated carbocycles. The number of anilines is 1. The molecular formula is C21H36N2S. The number of benzene rings is 1. The van der Waals surface area contributed by atoms with Crippen molar-refractivity contribution in [2.45, 2.75) is 79.6 Å². The van der Waals surface area contributed by atoms with Crippen molar-refractivity contribution < 1.29 is 0 Å². The van der Waals surface area contributed by atoms with E-state index in [0.29, 0.717) is 5.92 Å². The van der Waals surface area contributed by atoms with Gasteiger partial charge in [0.05, 0.1) is 0 Å². The van der Waals surface area contributed by atoms with Gasteiger partial charge in [-0.25, -0.2) is 0 Å². The van der Waals surface area contributed by atoms with E-state index in [0.717, 1.165) is 30.9 Å². The summed E-state index contributed by atoms with van der Waals surface area (Å²) in [6.45, 7) is 12.2. The Morgan fingerprint density at radius 1 is 1.00 bits per heavy atom. The summed E-state index contributed by atoms with van der Waals surface area (Å²) in [5.74, 6) is 0.684. The second kappa shape index (κ2) is 11.5. The minimum absolute atomic E-state index is 0.684. The third-order valence-electron chi connectivity index (χ3n) is 4.32. The predicted octanol–water partition coefficient (Wildman–Crippen LogP) is 5.88. The monoisotopic (exact) mass is 348 g/mol. The molecule has 0 aliphatic carbocycles. The minimum atomic E-state index is 0.684. The average molecular weight is 349 g/mol. The molecule has 0 spiro atoms. The molecule has 0 unspecified atom stereocenters. The number of hydrogen-bond acceptors (Lipinski definition) is 1. The highest BCUT2D eigenvalue weighted by molar-refractivity contribution is 7.80. The lowest BCUT2D eigenvalue weighted by Gasteiger charge is -2.19. The molecule has 0 aliphatic rings. The van der Waals surface area contributed by atoms with Crippen LogP contribution in [-0.2, 0) is 19.3 Å². The van der Waals surface area contributed by atoms with Gasteiger partial charge in [0.15, 0.2) is 5.11 Å². The Hall–Kier alpha value is -1.09. The first-order valence-electron chi connectivity index (χ1n) is 9.71. The van der Waals surface area contributed by atoms with Gasteiger partial charge in [-0.2, -0.15) is 0 Å². The molecule has 0 atom stereocenters. The SMILES string of the molecule is CCCCCCNC(=S)Nc1c(CC)cc(CC(C)C)cc1CC. The molecule has 0 saturated heterocycles. The molecule has 2 N–H and O–H groups in total. The maximum atomic E-state index is 5.51. The lowest BCUT2D eigenvalue weighted by atomic mass is 9.94. The van der Waals surface area contributed by atoms with Gasteiger partial charge in [-0.3, -0.25) is 0 Å². The molecule has 0 bridgehead atoms. The Morgan fingerprint density at radius 3 is 2.12 bits per heavy atom. The molecule has 1 rings (SSSR count). The molecule has 0 radical (unpaired) electrons. The molecule has 0 aromatic heterocycles. The Morgan fingerprint density at radius 2 is 1.62 bits per heavy atom. The molecule has 0 amide bonds. The van der Waals surface area contributed by atoms with Crippen LogP contribution >= 0.6 is 12.2 Å². The minimum Gasteiger partial charge on any atom is -0.362 e. The van der Waals surface area contributed by atoms with Crippen LogP contribution in [0.3, 0.4) is 0 Å². The van der Waals surface area contributed by atoms with Crippen LogP contribution in [-0.4, -0.2) is 11.7 Å². The summed E-state index contributed by atoms with van der Waals surface area (Å²) < 4.78 is 0. The quantitative estimate of drug-likeness (QED) is 0.408. The van der Waals surface area contributed by atoms with Crippen LogP contribution in [0.4, 0.5) is 5.69 Å². The van der Waals surface area contributed by atoms with Gasteiger partial charge in [0, 0.05) is 12.2 Å². The number of nitrogens with one attached hydrogen (secondary N) is 2. The number of thiocarbonyl (C=S) groups is 1. The standard InChI is InChI=1S/C21H36N2S/c1-6-9-10-11-12-22-21(24)23-20-18(7-2)14-17(13-16(4)5)15-19(20)8-3/h14-16H,6-13H2,1-5H3,(H2,22,23,24). The molecule has 0 aliphatic heterocycles. The molecule has 1 aromatic carbocycles. The number of aryl methyl sites for hydroxylation is 2. The number of hydrogen-bond donors (Lipinski definition) is 2. The largest absolute Gasteiger partial charge is 0.362 e. The van der Waals surface area contributed by atoms with Crippen LogP contribution in [0.1, 0.15) is 77.0 Å². The van der Waals surface area contributed by atoms with Crippen LogP contribution in [0.5, 0.6) is 0 Å². The zero-order valence-corrected chi connectivity index (χ0v) is 17.1. The van der Waals surface area contributed by atoms with E-state index in [-0.39, 0.29) is 0 Å². The molecule has 136 valence electrons. The third kappa shape index (κ3) is 7.21. The first kappa shape index (κ1) is 21.0. The van der Waals surface area contributed by atoms with Gasteiger partial charge in [0.25, 0.3) is 0 Å². The number of unbranched alkanes of at least 4 members (excludes halogenated alkanes) is 3. The van der Waals surface area contributed by atoms with Gasteiger partial charge in [0.2, 0.25) is 0 Å². The van der Waals surface area contributed by atoms with Crippen LogP contribution in [0.25, 0.3) is 0 Å². The lowest BCUT2D eigenvalue weighted by molar-refractivity contribution is 0.646.